The predicted octanol–water partition coefficient (Wildman–Crippen LogP) is 5.43. The van der Waals surface area contributed by atoms with E-state index in [-0.39, 0.29) is 18.3 Å². The Balaban J connectivity index is 1.58. The van der Waals surface area contributed by atoms with E-state index in [2.05, 4.69) is 49.0 Å². The van der Waals surface area contributed by atoms with Crippen LogP contribution in [0.3, 0.4) is 0 Å². The third-order valence-corrected chi connectivity index (χ3v) is 5.80. The Morgan fingerprint density at radius 2 is 1.71 bits per heavy atom. The maximum atomic E-state index is 12.4. The van der Waals surface area contributed by atoms with Crippen molar-refractivity contribution in [1.29, 1.82) is 0 Å². The van der Waals surface area contributed by atoms with E-state index in [1.807, 2.05) is 26.0 Å². The molecule has 3 aromatic carbocycles. The number of esters is 1. The number of hydrogen-bond donors (Lipinski definition) is 1. The van der Waals surface area contributed by atoms with E-state index < -0.39 is 5.97 Å². The van der Waals surface area contributed by atoms with Gasteiger partial charge in [-0.25, -0.2) is 10.2 Å². The van der Waals surface area contributed by atoms with Gasteiger partial charge in [-0.2, -0.15) is 5.10 Å². The lowest BCUT2D eigenvalue weighted by Gasteiger charge is -2.12. The average molecular weight is 637 g/mol. The lowest BCUT2D eigenvalue weighted by Crippen LogP contribution is -2.25. The van der Waals surface area contributed by atoms with Crippen LogP contribution in [-0.4, -0.2) is 31.8 Å². The molecule has 176 valence electrons. The lowest BCUT2D eigenvalue weighted by molar-refractivity contribution is -0.123. The van der Waals surface area contributed by atoms with Gasteiger partial charge in [-0.15, -0.1) is 0 Å². The molecule has 9 heteroatoms. The highest BCUT2D eigenvalue weighted by Gasteiger charge is 2.13. The molecular formula is C25H22BrIN2O5. The van der Waals surface area contributed by atoms with Gasteiger partial charge < -0.3 is 14.2 Å². The van der Waals surface area contributed by atoms with E-state index in [1.165, 1.54) is 13.3 Å². The summed E-state index contributed by atoms with van der Waals surface area (Å²) < 4.78 is 18.4. The SMILES string of the molecule is COc1cc(/C=N/NC(=O)COc2c(C)cc(I)cc2C)ccc1OC(=O)c1ccc(Br)cc1. The largest absolute Gasteiger partial charge is 0.493 e. The number of benzene rings is 3. The van der Waals surface area contributed by atoms with Crippen molar-refractivity contribution in [3.8, 4) is 17.2 Å². The first kappa shape index (κ1) is 25.7. The van der Waals surface area contributed by atoms with Crippen molar-refractivity contribution >= 4 is 56.6 Å². The number of carbonyl (C=O) groups is 2. The number of halogens is 2. The second kappa shape index (κ2) is 12.0. The zero-order valence-corrected chi connectivity index (χ0v) is 22.5. The van der Waals surface area contributed by atoms with Gasteiger partial charge in [-0.3, -0.25) is 4.79 Å². The van der Waals surface area contributed by atoms with Crippen molar-refractivity contribution in [2.75, 3.05) is 13.7 Å². The van der Waals surface area contributed by atoms with Crippen LogP contribution in [0.5, 0.6) is 17.2 Å². The molecule has 3 rings (SSSR count). The van der Waals surface area contributed by atoms with Crippen LogP contribution in [0, 0.1) is 17.4 Å². The maximum absolute atomic E-state index is 12.4. The van der Waals surface area contributed by atoms with E-state index in [1.54, 1.807) is 42.5 Å². The molecule has 7 nitrogen and oxygen atoms in total. The molecule has 0 fully saturated rings. The van der Waals surface area contributed by atoms with Crippen LogP contribution in [0.4, 0.5) is 0 Å². The van der Waals surface area contributed by atoms with Crippen LogP contribution in [0.2, 0.25) is 0 Å². The Bertz CT molecular complexity index is 1210. The highest BCUT2D eigenvalue weighted by molar-refractivity contribution is 14.1. The van der Waals surface area contributed by atoms with E-state index in [4.69, 9.17) is 14.2 Å². The van der Waals surface area contributed by atoms with E-state index in [0.29, 0.717) is 22.6 Å². The first-order chi connectivity index (χ1) is 16.3. The van der Waals surface area contributed by atoms with E-state index in [9.17, 15) is 9.59 Å². The first-order valence-electron chi connectivity index (χ1n) is 10.1. The van der Waals surface area contributed by atoms with Crippen molar-refractivity contribution in [2.45, 2.75) is 13.8 Å². The number of aryl methyl sites for hydroxylation is 2. The van der Waals surface area contributed by atoms with Crippen LogP contribution in [0.25, 0.3) is 0 Å². The Kier molecular flexibility index (Phi) is 9.05. The van der Waals surface area contributed by atoms with Crippen molar-refractivity contribution in [3.05, 3.63) is 84.9 Å². The van der Waals surface area contributed by atoms with E-state index >= 15 is 0 Å². The molecule has 0 aliphatic carbocycles. The molecule has 34 heavy (non-hydrogen) atoms. The minimum atomic E-state index is -0.502. The molecule has 1 N–H and O–H groups in total. The lowest BCUT2D eigenvalue weighted by atomic mass is 10.1. The summed E-state index contributed by atoms with van der Waals surface area (Å²) in [4.78, 5) is 24.5. The molecule has 0 aliphatic rings. The van der Waals surface area contributed by atoms with Gasteiger partial charge in [0.05, 0.1) is 18.9 Å². The zero-order chi connectivity index (χ0) is 24.7. The van der Waals surface area contributed by atoms with Crippen LogP contribution >= 0.6 is 38.5 Å². The number of methoxy groups -OCH3 is 1. The van der Waals surface area contributed by atoms with Gasteiger partial charge in [-0.05, 0) is 108 Å². The van der Waals surface area contributed by atoms with Crippen molar-refractivity contribution in [3.63, 3.8) is 0 Å². The summed E-state index contributed by atoms with van der Waals surface area (Å²) >= 11 is 5.57. The molecule has 0 aliphatic heterocycles. The number of rotatable bonds is 8. The second-order valence-corrected chi connectivity index (χ2v) is 9.42. The number of nitrogens with one attached hydrogen (secondary N) is 1. The van der Waals surface area contributed by atoms with Crippen LogP contribution in [0.1, 0.15) is 27.0 Å². The highest BCUT2D eigenvalue weighted by Crippen LogP contribution is 2.29. The molecule has 0 aromatic heterocycles. The molecule has 3 aromatic rings. The fraction of sp³-hybridized carbons (Fsp3) is 0.160. The summed E-state index contributed by atoms with van der Waals surface area (Å²) in [5.74, 6) is 0.429. The van der Waals surface area contributed by atoms with Gasteiger partial charge in [0.25, 0.3) is 5.91 Å². The third kappa shape index (κ3) is 7.04. The highest BCUT2D eigenvalue weighted by atomic mass is 127. The minimum Gasteiger partial charge on any atom is -0.493 e. The van der Waals surface area contributed by atoms with Gasteiger partial charge in [0.1, 0.15) is 5.75 Å². The Hall–Kier alpha value is -2.92. The average Bonchev–Trinajstić information content (AvgIpc) is 2.79. The molecule has 0 saturated heterocycles. The number of ether oxygens (including phenoxy) is 3. The van der Waals surface area contributed by atoms with Gasteiger partial charge in [0.15, 0.2) is 18.1 Å². The summed E-state index contributed by atoms with van der Waals surface area (Å²) in [5.41, 5.74) is 5.43. The molecule has 0 radical (unpaired) electrons. The Morgan fingerprint density at radius 3 is 2.35 bits per heavy atom. The summed E-state index contributed by atoms with van der Waals surface area (Å²) in [5, 5.41) is 3.96. The quantitative estimate of drug-likeness (QED) is 0.117. The Morgan fingerprint density at radius 1 is 1.03 bits per heavy atom. The van der Waals surface area contributed by atoms with Gasteiger partial charge in [0.2, 0.25) is 0 Å². The number of amides is 1. The van der Waals surface area contributed by atoms with Crippen molar-refractivity contribution in [2.24, 2.45) is 5.10 Å². The predicted molar refractivity (Wildman–Crippen MR) is 142 cm³/mol. The zero-order valence-electron chi connectivity index (χ0n) is 18.7. The molecule has 0 bridgehead atoms. The summed E-state index contributed by atoms with van der Waals surface area (Å²) in [7, 11) is 1.47. The summed E-state index contributed by atoms with van der Waals surface area (Å²) in [6.07, 6.45) is 1.46. The van der Waals surface area contributed by atoms with Crippen molar-refractivity contribution in [1.82, 2.24) is 5.43 Å². The van der Waals surface area contributed by atoms with E-state index in [0.717, 1.165) is 19.2 Å². The fourth-order valence-electron chi connectivity index (χ4n) is 3.07. The second-order valence-electron chi connectivity index (χ2n) is 7.26. The molecular weight excluding hydrogens is 615 g/mol. The van der Waals surface area contributed by atoms with Gasteiger partial charge in [0, 0.05) is 8.04 Å². The van der Waals surface area contributed by atoms with Crippen LogP contribution < -0.4 is 19.6 Å². The smallest absolute Gasteiger partial charge is 0.343 e. The summed E-state index contributed by atoms with van der Waals surface area (Å²) in [6.45, 7) is 3.72. The molecule has 0 spiro atoms. The minimum absolute atomic E-state index is 0.159. The molecule has 0 unspecified atom stereocenters. The van der Waals surface area contributed by atoms with Crippen LogP contribution in [0.15, 0.2) is 64.2 Å². The molecule has 0 atom stereocenters. The molecule has 0 heterocycles. The molecule has 1 amide bonds. The topological polar surface area (TPSA) is 86.2 Å². The maximum Gasteiger partial charge on any atom is 0.343 e. The normalized spacial score (nSPS) is 10.7. The first-order valence-corrected chi connectivity index (χ1v) is 12.0. The van der Waals surface area contributed by atoms with Gasteiger partial charge >= 0.3 is 5.97 Å². The Labute approximate surface area is 219 Å². The standard InChI is InChI=1S/C25H22BrIN2O5/c1-15-10-20(27)11-16(2)24(15)33-14-23(30)29-28-13-17-4-9-21(22(12-17)32-3)34-25(31)18-5-7-19(26)8-6-18/h4-13H,14H2,1-3H3,(H,29,30)/b28-13+. The number of carbonyl (C=O) groups excluding carboxylic acids is 2. The summed E-state index contributed by atoms with van der Waals surface area (Å²) in [6, 6.07) is 15.8. The van der Waals surface area contributed by atoms with Gasteiger partial charge in [-0.1, -0.05) is 15.9 Å². The van der Waals surface area contributed by atoms with Crippen LogP contribution in [-0.2, 0) is 4.79 Å². The number of nitrogens with zero attached hydrogens (tertiary/aromatic N) is 1. The number of hydrazone groups is 1. The third-order valence-electron chi connectivity index (χ3n) is 4.65. The molecule has 0 saturated carbocycles. The monoisotopic (exact) mass is 636 g/mol. The van der Waals surface area contributed by atoms with Crippen molar-refractivity contribution < 1.29 is 23.8 Å². The number of hydrogen-bond acceptors (Lipinski definition) is 6. The fourth-order valence-corrected chi connectivity index (χ4v) is 4.27.